The molecule has 4 rings (SSSR count). The molecule has 0 radical (unpaired) electrons. The first-order valence-electron chi connectivity index (χ1n) is 9.90. The first-order valence-corrected chi connectivity index (χ1v) is 13.2. The number of sulfone groups is 2. The van der Waals surface area contributed by atoms with Gasteiger partial charge in [0.15, 0.2) is 0 Å². The Morgan fingerprint density at radius 1 is 0.500 bits per heavy atom. The van der Waals surface area contributed by atoms with E-state index in [1.807, 2.05) is 6.92 Å². The summed E-state index contributed by atoms with van der Waals surface area (Å²) in [7, 11) is -7.03. The molecule has 0 saturated carbocycles. The fourth-order valence-electron chi connectivity index (χ4n) is 2.85. The minimum Gasteiger partial charge on any atom is -0.508 e. The van der Waals surface area contributed by atoms with E-state index in [0.717, 1.165) is 5.56 Å². The van der Waals surface area contributed by atoms with E-state index in [4.69, 9.17) is 21.8 Å². The topological polar surface area (TPSA) is 109 Å². The molecule has 0 heterocycles. The van der Waals surface area contributed by atoms with E-state index in [-0.39, 0.29) is 31.1 Å². The third-order valence-electron chi connectivity index (χ3n) is 4.75. The molecule has 0 aliphatic carbocycles. The Labute approximate surface area is 203 Å². The van der Waals surface area contributed by atoms with Crippen LogP contribution in [0.4, 0.5) is 0 Å². The van der Waals surface area contributed by atoms with E-state index in [1.165, 1.54) is 72.8 Å². The second kappa shape index (κ2) is 10.3. The predicted octanol–water partition coefficient (Wildman–Crippen LogP) is 5.41. The fraction of sp³-hybridized carbons (Fsp3) is 0.0400. The van der Waals surface area contributed by atoms with Gasteiger partial charge in [-0.1, -0.05) is 29.3 Å². The van der Waals surface area contributed by atoms with Crippen molar-refractivity contribution >= 4 is 31.3 Å². The van der Waals surface area contributed by atoms with Crippen LogP contribution in [0, 0.1) is 6.92 Å². The Kier molecular flexibility index (Phi) is 7.66. The van der Waals surface area contributed by atoms with Crippen LogP contribution in [0.15, 0.2) is 117 Å². The lowest BCUT2D eigenvalue weighted by Crippen LogP contribution is -2.01. The first-order chi connectivity index (χ1) is 16.0. The molecule has 0 amide bonds. The van der Waals surface area contributed by atoms with Crippen LogP contribution in [-0.4, -0.2) is 27.0 Å². The summed E-state index contributed by atoms with van der Waals surface area (Å²) in [6.45, 7) is 1.90. The van der Waals surface area contributed by atoms with Gasteiger partial charge in [0.2, 0.25) is 19.7 Å². The number of halogens is 1. The molecule has 0 aliphatic rings. The zero-order chi connectivity index (χ0) is 24.9. The van der Waals surface area contributed by atoms with Crippen molar-refractivity contribution in [1.29, 1.82) is 0 Å². The molecule has 0 aromatic heterocycles. The van der Waals surface area contributed by atoms with E-state index in [0.29, 0.717) is 5.02 Å². The second-order valence-corrected chi connectivity index (χ2v) is 11.6. The Bertz CT molecular complexity index is 1240. The maximum absolute atomic E-state index is 12.2. The summed E-state index contributed by atoms with van der Waals surface area (Å²) in [6.07, 6.45) is 0. The molecule has 2 N–H and O–H groups in total. The lowest BCUT2D eigenvalue weighted by molar-refractivity contribution is 0.474. The smallest absolute Gasteiger partial charge is 0.206 e. The molecule has 0 aliphatic heterocycles. The van der Waals surface area contributed by atoms with Crippen LogP contribution in [0.5, 0.6) is 11.5 Å². The van der Waals surface area contributed by atoms with Gasteiger partial charge < -0.3 is 10.2 Å². The fourth-order valence-corrected chi connectivity index (χ4v) is 5.50. The molecule has 4 aromatic carbocycles. The lowest BCUT2D eigenvalue weighted by atomic mass is 10.2. The van der Waals surface area contributed by atoms with Crippen molar-refractivity contribution in [3.63, 3.8) is 0 Å². The summed E-state index contributed by atoms with van der Waals surface area (Å²) < 4.78 is 48.6. The largest absolute Gasteiger partial charge is 0.508 e. The van der Waals surface area contributed by atoms with Crippen LogP contribution in [0.1, 0.15) is 5.56 Å². The molecule has 0 unspecified atom stereocenters. The molecule has 6 nitrogen and oxygen atoms in total. The highest BCUT2D eigenvalue weighted by Gasteiger charge is 2.18. The van der Waals surface area contributed by atoms with Gasteiger partial charge >= 0.3 is 0 Å². The quantitative estimate of drug-likeness (QED) is 0.375. The number of benzene rings is 4. The number of aryl methyl sites for hydroxylation is 1. The summed E-state index contributed by atoms with van der Waals surface area (Å²) in [5.74, 6) is 0.0768. The van der Waals surface area contributed by atoms with E-state index < -0.39 is 19.7 Å². The van der Waals surface area contributed by atoms with Crippen LogP contribution >= 0.6 is 11.6 Å². The summed E-state index contributed by atoms with van der Waals surface area (Å²) >= 11 is 5.70. The first kappa shape index (κ1) is 25.3. The van der Waals surface area contributed by atoms with Crippen molar-refractivity contribution in [2.24, 2.45) is 0 Å². The van der Waals surface area contributed by atoms with Crippen LogP contribution in [0.25, 0.3) is 0 Å². The van der Waals surface area contributed by atoms with Crippen LogP contribution in [0.3, 0.4) is 0 Å². The van der Waals surface area contributed by atoms with E-state index in [2.05, 4.69) is 0 Å². The minimum atomic E-state index is -3.54. The Morgan fingerprint density at radius 3 is 1.09 bits per heavy atom. The van der Waals surface area contributed by atoms with Gasteiger partial charge in [0.05, 0.1) is 19.6 Å². The molecule has 0 spiro atoms. The summed E-state index contributed by atoms with van der Waals surface area (Å²) in [5, 5.41) is 18.7. The van der Waals surface area contributed by atoms with Gasteiger partial charge in [-0.05, 0) is 91.9 Å². The Morgan fingerprint density at radius 2 is 0.765 bits per heavy atom. The van der Waals surface area contributed by atoms with Crippen LogP contribution in [0.2, 0.25) is 5.02 Å². The number of phenols is 2. The number of phenolic OH excluding ortho intramolecular Hbond substituents is 2. The molecule has 0 atom stereocenters. The molecule has 4 aromatic rings. The van der Waals surface area contributed by atoms with Gasteiger partial charge in [0, 0.05) is 5.02 Å². The summed E-state index contributed by atoms with van der Waals surface area (Å²) in [5.41, 5.74) is 1.01. The van der Waals surface area contributed by atoms with E-state index >= 15 is 0 Å². The SMILES string of the molecule is Cc1ccc(S(=O)(=O)c2ccc(O)cc2)cc1.O=S(=O)(c1ccc(O)cc1)c1ccc(Cl)cc1. The van der Waals surface area contributed by atoms with Crippen molar-refractivity contribution in [3.05, 3.63) is 108 Å². The lowest BCUT2D eigenvalue weighted by Gasteiger charge is -2.04. The highest BCUT2D eigenvalue weighted by Crippen LogP contribution is 2.24. The molecule has 34 heavy (non-hydrogen) atoms. The van der Waals surface area contributed by atoms with E-state index in [9.17, 15) is 16.8 Å². The van der Waals surface area contributed by atoms with Crippen molar-refractivity contribution in [1.82, 2.24) is 0 Å². The number of rotatable bonds is 4. The van der Waals surface area contributed by atoms with Gasteiger partial charge in [-0.25, -0.2) is 16.8 Å². The van der Waals surface area contributed by atoms with Crippen LogP contribution in [-0.2, 0) is 19.7 Å². The zero-order valence-electron chi connectivity index (χ0n) is 18.0. The number of hydrogen-bond donors (Lipinski definition) is 2. The highest BCUT2D eigenvalue weighted by atomic mass is 35.5. The molecular weight excluding hydrogens is 496 g/mol. The molecule has 0 bridgehead atoms. The molecule has 0 fully saturated rings. The Balaban J connectivity index is 0.000000191. The van der Waals surface area contributed by atoms with Gasteiger partial charge in [-0.3, -0.25) is 0 Å². The third kappa shape index (κ3) is 5.96. The van der Waals surface area contributed by atoms with Crippen molar-refractivity contribution in [3.8, 4) is 11.5 Å². The molecule has 176 valence electrons. The standard InChI is InChI=1S/C13H12O3S.C12H9ClO3S/c1-10-2-6-12(7-3-10)17(15,16)13-8-4-11(14)5-9-13;13-9-1-5-11(6-2-9)17(15,16)12-7-3-10(14)4-8-12/h2-9,14H,1H3;1-8,14H. The maximum atomic E-state index is 12.2. The molecular formula is C25H21ClO6S2. The highest BCUT2D eigenvalue weighted by molar-refractivity contribution is 7.91. The second-order valence-electron chi connectivity index (χ2n) is 7.26. The molecule has 9 heteroatoms. The van der Waals surface area contributed by atoms with Crippen molar-refractivity contribution < 1.29 is 27.0 Å². The summed E-state index contributed by atoms with van der Waals surface area (Å²) in [6, 6.07) is 23.5. The number of hydrogen-bond acceptors (Lipinski definition) is 6. The zero-order valence-corrected chi connectivity index (χ0v) is 20.3. The normalized spacial score (nSPS) is 11.4. The molecule has 0 saturated heterocycles. The van der Waals surface area contributed by atoms with Gasteiger partial charge in [-0.2, -0.15) is 0 Å². The van der Waals surface area contributed by atoms with Crippen LogP contribution < -0.4 is 0 Å². The van der Waals surface area contributed by atoms with Crippen molar-refractivity contribution in [2.45, 2.75) is 26.5 Å². The predicted molar refractivity (Wildman–Crippen MR) is 130 cm³/mol. The van der Waals surface area contributed by atoms with Gasteiger partial charge in [0.1, 0.15) is 11.5 Å². The maximum Gasteiger partial charge on any atom is 0.206 e. The van der Waals surface area contributed by atoms with E-state index in [1.54, 1.807) is 24.3 Å². The van der Waals surface area contributed by atoms with Crippen molar-refractivity contribution in [2.75, 3.05) is 0 Å². The Hall–Kier alpha value is -3.33. The average Bonchev–Trinajstić information content (AvgIpc) is 2.81. The van der Waals surface area contributed by atoms with Gasteiger partial charge in [-0.15, -0.1) is 0 Å². The average molecular weight is 517 g/mol. The summed E-state index contributed by atoms with van der Waals surface area (Å²) in [4.78, 5) is 0.748. The third-order valence-corrected chi connectivity index (χ3v) is 8.57. The number of aromatic hydroxyl groups is 2. The minimum absolute atomic E-state index is 0.0278. The monoisotopic (exact) mass is 516 g/mol. The van der Waals surface area contributed by atoms with Gasteiger partial charge in [0.25, 0.3) is 0 Å².